The van der Waals surface area contributed by atoms with Crippen LogP contribution < -0.4 is 5.32 Å². The number of pyridine rings is 1. The Morgan fingerprint density at radius 2 is 1.79 bits per heavy atom. The number of hydrogen-bond acceptors (Lipinski definition) is 4. The highest BCUT2D eigenvalue weighted by Gasteiger charge is 2.16. The van der Waals surface area contributed by atoms with Gasteiger partial charge in [0.2, 0.25) is 0 Å². The number of aliphatic hydroxyl groups is 1. The molecule has 2 aromatic carbocycles. The van der Waals surface area contributed by atoms with Gasteiger partial charge >= 0.3 is 0 Å². The van der Waals surface area contributed by atoms with Gasteiger partial charge in [-0.3, -0.25) is 4.98 Å². The van der Waals surface area contributed by atoms with Crippen LogP contribution in [0.3, 0.4) is 0 Å². The molecule has 2 aromatic heterocycles. The Morgan fingerprint density at radius 3 is 2.45 bits per heavy atom. The van der Waals surface area contributed by atoms with E-state index in [1.165, 1.54) is 5.56 Å². The van der Waals surface area contributed by atoms with E-state index in [0.717, 1.165) is 33.3 Å². The number of rotatable bonds is 5. The number of fused-ring (bicyclic) bond motifs is 1. The quantitative estimate of drug-likeness (QED) is 0.363. The van der Waals surface area contributed by atoms with Crippen LogP contribution in [-0.2, 0) is 5.60 Å². The number of benzene rings is 2. The zero-order chi connectivity index (χ0) is 20.6. The van der Waals surface area contributed by atoms with Gasteiger partial charge in [0.25, 0.3) is 0 Å². The fourth-order valence-corrected chi connectivity index (χ4v) is 4.35. The van der Waals surface area contributed by atoms with Gasteiger partial charge < -0.3 is 10.4 Å². The lowest BCUT2D eigenvalue weighted by molar-refractivity contribution is 0.0786. The molecule has 4 rings (SSSR count). The molecule has 4 aromatic rings. The highest BCUT2D eigenvalue weighted by Crippen LogP contribution is 2.35. The average Bonchev–Trinajstić information content (AvgIpc) is 3.24. The van der Waals surface area contributed by atoms with Crippen molar-refractivity contribution in [1.29, 1.82) is 0 Å². The molecular weight excluding hydrogens is 400 g/mol. The van der Waals surface area contributed by atoms with Crippen molar-refractivity contribution in [1.82, 2.24) is 4.98 Å². The Bertz CT molecular complexity index is 1130. The van der Waals surface area contributed by atoms with Crippen molar-refractivity contribution in [3.8, 4) is 11.1 Å². The summed E-state index contributed by atoms with van der Waals surface area (Å²) in [6.07, 6.45) is 1.70. The van der Waals surface area contributed by atoms with Crippen LogP contribution in [0.5, 0.6) is 0 Å². The zero-order valence-corrected chi connectivity index (χ0v) is 18.2. The molecule has 0 aliphatic carbocycles. The second-order valence-electron chi connectivity index (χ2n) is 7.77. The molecule has 0 saturated carbocycles. The molecule has 1 atom stereocenters. The standard InChI is InChI=1S/C24H23ClN2OS/c1-15(18-10-11-29-14-18)27-23-20-12-17(6-9-22(20)26-13-21(23)25)16-4-7-19(8-5-16)24(2,3)28/h4-15,28H,1-3H3,(H,26,27). The summed E-state index contributed by atoms with van der Waals surface area (Å²) in [4.78, 5) is 4.49. The Kier molecular flexibility index (Phi) is 5.34. The van der Waals surface area contributed by atoms with Gasteiger partial charge in [0.05, 0.1) is 21.8 Å². The normalized spacial score (nSPS) is 12.9. The van der Waals surface area contributed by atoms with Gasteiger partial charge in [-0.15, -0.1) is 0 Å². The SMILES string of the molecule is CC(Nc1c(Cl)cnc2ccc(-c3ccc(C(C)(C)O)cc3)cc12)c1ccsc1. The molecule has 2 N–H and O–H groups in total. The Labute approximate surface area is 180 Å². The fourth-order valence-electron chi connectivity index (χ4n) is 3.39. The molecule has 3 nitrogen and oxygen atoms in total. The minimum absolute atomic E-state index is 0.138. The lowest BCUT2D eigenvalue weighted by Gasteiger charge is -2.19. The first-order valence-electron chi connectivity index (χ1n) is 9.53. The maximum absolute atomic E-state index is 10.2. The second kappa shape index (κ2) is 7.79. The van der Waals surface area contributed by atoms with Crippen molar-refractivity contribution in [2.24, 2.45) is 0 Å². The van der Waals surface area contributed by atoms with E-state index in [1.807, 2.05) is 30.3 Å². The molecule has 0 aliphatic heterocycles. The van der Waals surface area contributed by atoms with E-state index in [1.54, 1.807) is 31.4 Å². The van der Waals surface area contributed by atoms with Crippen molar-refractivity contribution >= 4 is 39.5 Å². The zero-order valence-electron chi connectivity index (χ0n) is 16.6. The molecule has 2 heterocycles. The van der Waals surface area contributed by atoms with E-state index in [9.17, 15) is 5.11 Å². The molecule has 0 amide bonds. The average molecular weight is 423 g/mol. The third-order valence-electron chi connectivity index (χ3n) is 5.15. The van der Waals surface area contributed by atoms with Crippen LogP contribution in [0.4, 0.5) is 5.69 Å². The predicted octanol–water partition coefficient (Wildman–Crippen LogP) is 7.02. The van der Waals surface area contributed by atoms with Gasteiger partial charge in [-0.1, -0.05) is 41.9 Å². The third-order valence-corrected chi connectivity index (χ3v) is 6.14. The summed E-state index contributed by atoms with van der Waals surface area (Å²) >= 11 is 8.21. The van der Waals surface area contributed by atoms with Crippen LogP contribution in [0.2, 0.25) is 5.02 Å². The van der Waals surface area contributed by atoms with E-state index >= 15 is 0 Å². The topological polar surface area (TPSA) is 45.2 Å². The minimum atomic E-state index is -0.853. The lowest BCUT2D eigenvalue weighted by atomic mass is 9.95. The number of thiophene rings is 1. The molecule has 148 valence electrons. The highest BCUT2D eigenvalue weighted by atomic mass is 35.5. The number of halogens is 1. The summed E-state index contributed by atoms with van der Waals surface area (Å²) in [5.74, 6) is 0. The molecule has 0 bridgehead atoms. The summed E-state index contributed by atoms with van der Waals surface area (Å²) in [6.45, 7) is 5.71. The number of anilines is 1. The monoisotopic (exact) mass is 422 g/mol. The Morgan fingerprint density at radius 1 is 1.07 bits per heavy atom. The van der Waals surface area contributed by atoms with E-state index in [2.05, 4.69) is 46.2 Å². The number of nitrogens with one attached hydrogen (secondary N) is 1. The first kappa shape index (κ1) is 19.9. The maximum atomic E-state index is 10.2. The number of hydrogen-bond donors (Lipinski definition) is 2. The maximum Gasteiger partial charge on any atom is 0.0840 e. The van der Waals surface area contributed by atoms with Crippen molar-refractivity contribution < 1.29 is 5.11 Å². The van der Waals surface area contributed by atoms with Gasteiger partial charge in [-0.2, -0.15) is 11.3 Å². The summed E-state index contributed by atoms with van der Waals surface area (Å²) in [6, 6.07) is 16.5. The number of nitrogens with zero attached hydrogens (tertiary/aromatic N) is 1. The van der Waals surface area contributed by atoms with Crippen molar-refractivity contribution in [3.05, 3.63) is 81.6 Å². The van der Waals surface area contributed by atoms with Gasteiger partial charge in [-0.05, 0) is 72.0 Å². The largest absolute Gasteiger partial charge is 0.386 e. The molecule has 0 spiro atoms. The first-order chi connectivity index (χ1) is 13.8. The fraction of sp³-hybridized carbons (Fsp3) is 0.208. The van der Waals surface area contributed by atoms with Crippen molar-refractivity contribution in [3.63, 3.8) is 0 Å². The van der Waals surface area contributed by atoms with Crippen molar-refractivity contribution in [2.45, 2.75) is 32.4 Å². The molecule has 0 aliphatic rings. The Hall–Kier alpha value is -2.40. The molecule has 0 fully saturated rings. The van der Waals surface area contributed by atoms with E-state index in [-0.39, 0.29) is 6.04 Å². The predicted molar refractivity (Wildman–Crippen MR) is 124 cm³/mol. The summed E-state index contributed by atoms with van der Waals surface area (Å²) in [5, 5.41) is 19.6. The van der Waals surface area contributed by atoms with E-state index in [4.69, 9.17) is 11.6 Å². The van der Waals surface area contributed by atoms with Crippen LogP contribution in [-0.4, -0.2) is 10.1 Å². The van der Waals surface area contributed by atoms with Gasteiger partial charge in [0.15, 0.2) is 0 Å². The summed E-state index contributed by atoms with van der Waals surface area (Å²) < 4.78 is 0. The minimum Gasteiger partial charge on any atom is -0.386 e. The van der Waals surface area contributed by atoms with Gasteiger partial charge in [0, 0.05) is 17.6 Å². The highest BCUT2D eigenvalue weighted by molar-refractivity contribution is 7.08. The van der Waals surface area contributed by atoms with E-state index < -0.39 is 5.60 Å². The van der Waals surface area contributed by atoms with Crippen LogP contribution >= 0.6 is 22.9 Å². The lowest BCUT2D eigenvalue weighted by Crippen LogP contribution is -2.14. The second-order valence-corrected chi connectivity index (χ2v) is 8.96. The van der Waals surface area contributed by atoms with Gasteiger partial charge in [0.1, 0.15) is 0 Å². The molecule has 1 unspecified atom stereocenters. The molecule has 0 radical (unpaired) electrons. The van der Waals surface area contributed by atoms with Crippen LogP contribution in [0, 0.1) is 0 Å². The van der Waals surface area contributed by atoms with Crippen LogP contribution in [0.25, 0.3) is 22.0 Å². The first-order valence-corrected chi connectivity index (χ1v) is 10.9. The van der Waals surface area contributed by atoms with Crippen molar-refractivity contribution in [2.75, 3.05) is 5.32 Å². The van der Waals surface area contributed by atoms with Crippen LogP contribution in [0.15, 0.2) is 65.5 Å². The molecule has 0 saturated heterocycles. The number of aromatic nitrogens is 1. The molecule has 29 heavy (non-hydrogen) atoms. The van der Waals surface area contributed by atoms with E-state index in [0.29, 0.717) is 5.02 Å². The molecular formula is C24H23ClN2OS. The molecule has 5 heteroatoms. The summed E-state index contributed by atoms with van der Waals surface area (Å²) in [7, 11) is 0. The Balaban J connectivity index is 1.74. The third kappa shape index (κ3) is 4.15. The van der Waals surface area contributed by atoms with Crippen LogP contribution in [0.1, 0.15) is 37.9 Å². The summed E-state index contributed by atoms with van der Waals surface area (Å²) in [5.41, 5.74) is 5.21. The van der Waals surface area contributed by atoms with Gasteiger partial charge in [-0.25, -0.2) is 0 Å². The smallest absolute Gasteiger partial charge is 0.0840 e.